The molecule has 0 bridgehead atoms. The van der Waals surface area contributed by atoms with Gasteiger partial charge in [0.2, 0.25) is 0 Å². The first-order valence-corrected chi connectivity index (χ1v) is 12.0. The van der Waals surface area contributed by atoms with Gasteiger partial charge in [-0.25, -0.2) is 0 Å². The van der Waals surface area contributed by atoms with Gasteiger partial charge in [-0.05, 0) is 57.7 Å². The van der Waals surface area contributed by atoms with Gasteiger partial charge in [0, 0.05) is 43.2 Å². The molecule has 0 atom stereocenters. The number of para-hydroxylation sites is 1. The topological polar surface area (TPSA) is 76.5 Å². The van der Waals surface area contributed by atoms with E-state index in [0.717, 1.165) is 55.6 Å². The second-order valence-corrected chi connectivity index (χ2v) is 9.16. The Labute approximate surface area is 234 Å². The number of ketones is 1. The first-order valence-electron chi connectivity index (χ1n) is 12.0. The summed E-state index contributed by atoms with van der Waals surface area (Å²) in [4.78, 5) is 14.9. The van der Waals surface area contributed by atoms with E-state index in [2.05, 4.69) is 44.2 Å². The fraction of sp³-hybridized carbons (Fsp3) is 0.125. The van der Waals surface area contributed by atoms with E-state index in [1.54, 1.807) is 0 Å². The normalized spacial score (nSPS) is 11.3. The summed E-state index contributed by atoms with van der Waals surface area (Å²) in [5, 5.41) is 10.5. The van der Waals surface area contributed by atoms with Gasteiger partial charge < -0.3 is 13.9 Å². The maximum Gasteiger partial charge on any atom is 0.155 e. The van der Waals surface area contributed by atoms with E-state index in [1.165, 1.54) is 31.1 Å². The molecule has 1 N–H and O–H groups in total. The molecule has 6 heteroatoms. The minimum absolute atomic E-state index is 0. The minimum atomic E-state index is -0.125. The van der Waals surface area contributed by atoms with Gasteiger partial charge in [0.05, 0.1) is 16.9 Å². The number of furan rings is 2. The van der Waals surface area contributed by atoms with Gasteiger partial charge in [-0.15, -0.1) is 18.2 Å². The van der Waals surface area contributed by atoms with Crippen molar-refractivity contribution < 1.29 is 38.8 Å². The van der Waals surface area contributed by atoms with Crippen LogP contribution in [0.4, 0.5) is 0 Å². The third-order valence-electron chi connectivity index (χ3n) is 5.89. The molecule has 0 amide bonds. The minimum Gasteiger partial charge on any atom is -0.512 e. The molecular formula is C32H26IrNO4-. The predicted molar refractivity (Wildman–Crippen MR) is 148 cm³/mol. The number of hydrogen-bond donors (Lipinski definition) is 1. The predicted octanol–water partition coefficient (Wildman–Crippen LogP) is 8.51. The summed E-state index contributed by atoms with van der Waals surface area (Å²) < 4.78 is 12.3. The van der Waals surface area contributed by atoms with Crippen molar-refractivity contribution in [3.05, 3.63) is 102 Å². The zero-order chi connectivity index (χ0) is 26.1. The quantitative estimate of drug-likeness (QED) is 0.115. The Morgan fingerprint density at radius 1 is 0.895 bits per heavy atom. The van der Waals surface area contributed by atoms with E-state index in [0.29, 0.717) is 0 Å². The number of fused-ring (bicyclic) bond motifs is 4. The molecule has 3 heterocycles. The molecule has 0 unspecified atom stereocenters. The van der Waals surface area contributed by atoms with Crippen molar-refractivity contribution >= 4 is 38.8 Å². The molecule has 0 aliphatic carbocycles. The number of aliphatic hydroxyl groups excluding tert-OH is 1. The summed E-state index contributed by atoms with van der Waals surface area (Å²) in [6.07, 6.45) is 1.17. The largest absolute Gasteiger partial charge is 0.512 e. The molecule has 0 fully saturated rings. The number of hydrogen-bond acceptors (Lipinski definition) is 5. The van der Waals surface area contributed by atoms with Crippen LogP contribution in [0.1, 0.15) is 25.0 Å². The molecule has 38 heavy (non-hydrogen) atoms. The SMILES string of the molecule is CC(=O)/C=C(/C)O.Cc1cc(C)cc(-c2cc3nc(-c4[c-]ccc5c4oc4ccccc45)ccc3o2)c1.[Ir]. The van der Waals surface area contributed by atoms with Crippen molar-refractivity contribution in [3.63, 3.8) is 0 Å². The monoisotopic (exact) mass is 681 g/mol. The molecule has 0 aliphatic rings. The second-order valence-electron chi connectivity index (χ2n) is 9.16. The van der Waals surface area contributed by atoms with Crippen LogP contribution in [-0.4, -0.2) is 15.9 Å². The summed E-state index contributed by atoms with van der Waals surface area (Å²) in [6.45, 7) is 7.04. The number of pyridine rings is 1. The fourth-order valence-corrected chi connectivity index (χ4v) is 4.50. The van der Waals surface area contributed by atoms with E-state index in [-0.39, 0.29) is 31.6 Å². The van der Waals surface area contributed by atoms with Crippen LogP contribution in [-0.2, 0) is 24.9 Å². The Balaban J connectivity index is 0.000000375. The average Bonchev–Trinajstić information content (AvgIpc) is 3.44. The number of aliphatic hydroxyl groups is 1. The molecular weight excluding hydrogens is 655 g/mol. The van der Waals surface area contributed by atoms with Crippen LogP contribution >= 0.6 is 0 Å². The number of aryl methyl sites for hydroxylation is 2. The summed E-state index contributed by atoms with van der Waals surface area (Å²) in [6, 6.07) is 27.7. The number of aromatic nitrogens is 1. The smallest absolute Gasteiger partial charge is 0.155 e. The Hall–Kier alpha value is -3.99. The summed E-state index contributed by atoms with van der Waals surface area (Å²) >= 11 is 0. The third-order valence-corrected chi connectivity index (χ3v) is 5.89. The summed E-state index contributed by atoms with van der Waals surface area (Å²) in [7, 11) is 0. The van der Waals surface area contributed by atoms with E-state index < -0.39 is 0 Å². The molecule has 1 radical (unpaired) electrons. The molecule has 3 aromatic heterocycles. The fourth-order valence-electron chi connectivity index (χ4n) is 4.50. The van der Waals surface area contributed by atoms with Crippen molar-refractivity contribution in [3.8, 4) is 22.6 Å². The van der Waals surface area contributed by atoms with E-state index in [1.807, 2.05) is 48.5 Å². The molecule has 0 saturated heterocycles. The number of allylic oxidation sites excluding steroid dienone is 2. The molecule has 3 aromatic carbocycles. The van der Waals surface area contributed by atoms with E-state index in [9.17, 15) is 4.79 Å². The Bertz CT molecular complexity index is 1790. The van der Waals surface area contributed by atoms with Crippen molar-refractivity contribution in [1.82, 2.24) is 4.98 Å². The number of rotatable bonds is 3. The van der Waals surface area contributed by atoms with Crippen LogP contribution in [0.2, 0.25) is 0 Å². The molecule has 0 aliphatic heterocycles. The maximum atomic E-state index is 10.0. The maximum absolute atomic E-state index is 10.0. The summed E-state index contributed by atoms with van der Waals surface area (Å²) in [5.74, 6) is 0.764. The van der Waals surface area contributed by atoms with Crippen LogP contribution in [0.5, 0.6) is 0 Å². The average molecular weight is 681 g/mol. The van der Waals surface area contributed by atoms with E-state index >= 15 is 0 Å². The molecule has 6 aromatic rings. The van der Waals surface area contributed by atoms with E-state index in [4.69, 9.17) is 18.9 Å². The standard InChI is InChI=1S/C27H18NO2.C5H8O2.Ir/c1-16-12-17(2)14-18(13-16)26-15-23-25(29-26)11-10-22(28-23)21-8-5-7-20-19-6-3-4-9-24(19)30-27(20)21;1-4(6)3-5(2)7;/h3-7,9-15H,1-2H3;3,6H,1-2H3;/q-1;;/b;4-3-;. The summed E-state index contributed by atoms with van der Waals surface area (Å²) in [5.41, 5.74) is 8.44. The van der Waals surface area contributed by atoms with Gasteiger partial charge in [0.15, 0.2) is 11.4 Å². The number of carbonyl (C=O) groups excluding carboxylic acids is 1. The van der Waals surface area contributed by atoms with Crippen LogP contribution in [0.25, 0.3) is 55.6 Å². The van der Waals surface area contributed by atoms with Gasteiger partial charge in [-0.2, -0.15) is 0 Å². The van der Waals surface area contributed by atoms with Gasteiger partial charge >= 0.3 is 0 Å². The van der Waals surface area contributed by atoms with Crippen molar-refractivity contribution in [2.75, 3.05) is 0 Å². The van der Waals surface area contributed by atoms with Gasteiger partial charge in [-0.1, -0.05) is 52.4 Å². The first-order chi connectivity index (χ1) is 17.8. The Morgan fingerprint density at radius 2 is 1.63 bits per heavy atom. The molecule has 0 spiro atoms. The van der Waals surface area contributed by atoms with Crippen LogP contribution in [0.15, 0.2) is 93.5 Å². The number of nitrogens with zero attached hydrogens (tertiary/aromatic N) is 1. The second kappa shape index (κ2) is 11.2. The zero-order valence-electron chi connectivity index (χ0n) is 21.5. The van der Waals surface area contributed by atoms with Gasteiger partial charge in [-0.3, -0.25) is 9.78 Å². The van der Waals surface area contributed by atoms with Gasteiger partial charge in [0.25, 0.3) is 0 Å². The molecule has 6 rings (SSSR count). The molecule has 193 valence electrons. The van der Waals surface area contributed by atoms with Crippen molar-refractivity contribution in [2.24, 2.45) is 0 Å². The first kappa shape index (κ1) is 27.1. The van der Waals surface area contributed by atoms with Crippen LogP contribution in [0.3, 0.4) is 0 Å². The molecule has 0 saturated carbocycles. The molecule has 5 nitrogen and oxygen atoms in total. The number of benzene rings is 3. The van der Waals surface area contributed by atoms with Crippen molar-refractivity contribution in [1.29, 1.82) is 0 Å². The Morgan fingerprint density at radius 3 is 2.32 bits per heavy atom. The number of carbonyl (C=O) groups is 1. The third kappa shape index (κ3) is 5.62. The van der Waals surface area contributed by atoms with Crippen molar-refractivity contribution in [2.45, 2.75) is 27.7 Å². The van der Waals surface area contributed by atoms with Crippen LogP contribution in [0, 0.1) is 19.9 Å². The van der Waals surface area contributed by atoms with Crippen LogP contribution < -0.4 is 0 Å². The zero-order valence-corrected chi connectivity index (χ0v) is 23.9. The van der Waals surface area contributed by atoms with Gasteiger partial charge in [0.1, 0.15) is 11.3 Å². The Kier molecular flexibility index (Phi) is 7.96.